The molecule has 0 heterocycles. The van der Waals surface area contributed by atoms with E-state index in [-0.39, 0.29) is 15.5 Å². The van der Waals surface area contributed by atoms with E-state index in [4.69, 9.17) is 22.1 Å². The van der Waals surface area contributed by atoms with Gasteiger partial charge in [-0.15, -0.1) is 0 Å². The first-order valence-corrected chi connectivity index (χ1v) is 9.57. The number of hydrogen-bond donors (Lipinski definition) is 3. The van der Waals surface area contributed by atoms with Crippen LogP contribution in [0.2, 0.25) is 5.02 Å². The molecule has 2 amide bonds. The van der Waals surface area contributed by atoms with Gasteiger partial charge in [0.2, 0.25) is 21.8 Å². The summed E-state index contributed by atoms with van der Waals surface area (Å²) in [5.74, 6) is -0.835. The summed E-state index contributed by atoms with van der Waals surface area (Å²) in [7, 11) is -2.56. The molecule has 0 aliphatic heterocycles. The molecule has 0 spiro atoms. The van der Waals surface area contributed by atoms with Gasteiger partial charge in [-0.2, -0.15) is 4.72 Å². The van der Waals surface area contributed by atoms with E-state index in [1.54, 1.807) is 0 Å². The van der Waals surface area contributed by atoms with E-state index in [0.717, 1.165) is 0 Å². The molecule has 2 rings (SSSR count). The van der Waals surface area contributed by atoms with E-state index < -0.39 is 27.9 Å². The van der Waals surface area contributed by atoms with Gasteiger partial charge in [-0.05, 0) is 49.4 Å². The number of amides is 2. The number of nitrogens with two attached hydrogens (primary N) is 1. The molecule has 4 N–H and O–H groups in total. The summed E-state index contributed by atoms with van der Waals surface area (Å²) >= 11 is 5.95. The molecule has 27 heavy (non-hydrogen) atoms. The van der Waals surface area contributed by atoms with Crippen molar-refractivity contribution in [3.8, 4) is 5.75 Å². The number of carbonyl (C=O) groups excluding carboxylic acids is 2. The summed E-state index contributed by atoms with van der Waals surface area (Å²) in [4.78, 5) is 23.2. The second kappa shape index (κ2) is 8.38. The van der Waals surface area contributed by atoms with Crippen LogP contribution in [0.5, 0.6) is 5.75 Å². The van der Waals surface area contributed by atoms with Gasteiger partial charge in [-0.1, -0.05) is 11.6 Å². The van der Waals surface area contributed by atoms with E-state index in [1.165, 1.54) is 56.5 Å². The monoisotopic (exact) mass is 411 g/mol. The summed E-state index contributed by atoms with van der Waals surface area (Å²) in [5, 5.41) is 2.68. The fraction of sp³-hybridized carbons (Fsp3) is 0.176. The first kappa shape index (κ1) is 20.7. The molecule has 10 heteroatoms. The van der Waals surface area contributed by atoms with Crippen molar-refractivity contribution >= 4 is 39.1 Å². The summed E-state index contributed by atoms with van der Waals surface area (Å²) in [6, 6.07) is 8.79. The number of benzene rings is 2. The topological polar surface area (TPSA) is 128 Å². The molecule has 8 nitrogen and oxygen atoms in total. The molecule has 1 atom stereocenters. The van der Waals surface area contributed by atoms with Crippen molar-refractivity contribution in [1.82, 2.24) is 4.72 Å². The first-order chi connectivity index (χ1) is 12.6. The Balaban J connectivity index is 2.08. The average Bonchev–Trinajstić information content (AvgIpc) is 2.61. The Morgan fingerprint density at radius 2 is 1.78 bits per heavy atom. The highest BCUT2D eigenvalue weighted by Crippen LogP contribution is 2.26. The number of anilines is 1. The predicted molar refractivity (Wildman–Crippen MR) is 101 cm³/mol. The highest BCUT2D eigenvalue weighted by Gasteiger charge is 2.23. The fourth-order valence-corrected chi connectivity index (χ4v) is 3.69. The Morgan fingerprint density at radius 1 is 1.15 bits per heavy atom. The Morgan fingerprint density at radius 3 is 2.30 bits per heavy atom. The lowest BCUT2D eigenvalue weighted by atomic mass is 10.2. The quantitative estimate of drug-likeness (QED) is 0.639. The maximum absolute atomic E-state index is 12.4. The molecule has 144 valence electrons. The molecule has 0 fully saturated rings. The number of halogens is 1. The number of hydrogen-bond acceptors (Lipinski definition) is 5. The summed E-state index contributed by atoms with van der Waals surface area (Å²) in [5.41, 5.74) is 5.83. The molecule has 0 aliphatic carbocycles. The Kier molecular flexibility index (Phi) is 6.42. The Bertz CT molecular complexity index is 961. The van der Waals surface area contributed by atoms with Crippen LogP contribution >= 0.6 is 11.6 Å². The molecular formula is C17H18ClN3O5S. The van der Waals surface area contributed by atoms with Crippen LogP contribution in [0, 0.1) is 0 Å². The lowest BCUT2D eigenvalue weighted by molar-refractivity contribution is -0.117. The van der Waals surface area contributed by atoms with E-state index in [2.05, 4.69) is 10.0 Å². The normalized spacial score (nSPS) is 12.3. The first-order valence-electron chi connectivity index (χ1n) is 7.70. The number of nitrogens with one attached hydrogen (secondary N) is 2. The largest absolute Gasteiger partial charge is 0.495 e. The van der Waals surface area contributed by atoms with Crippen LogP contribution in [0.4, 0.5) is 5.69 Å². The summed E-state index contributed by atoms with van der Waals surface area (Å²) in [6.07, 6.45) is 0. The van der Waals surface area contributed by atoms with Crippen molar-refractivity contribution in [2.75, 3.05) is 12.4 Å². The van der Waals surface area contributed by atoms with Gasteiger partial charge in [0.15, 0.2) is 0 Å². The smallest absolute Gasteiger partial charge is 0.248 e. The van der Waals surface area contributed by atoms with Crippen LogP contribution in [0.1, 0.15) is 17.3 Å². The fourth-order valence-electron chi connectivity index (χ4n) is 2.14. The number of rotatable bonds is 7. The standard InChI is InChI=1S/C17H18ClN3O5S/c1-10(17(23)20-12-5-3-11(4-6-12)16(19)22)21-27(24,25)13-7-8-15(26-2)14(18)9-13/h3-10,21H,1-2H3,(H2,19,22)(H,20,23). The molecule has 0 bridgehead atoms. The van der Waals surface area contributed by atoms with E-state index >= 15 is 0 Å². The predicted octanol–water partition coefficient (Wildman–Crippen LogP) is 1.75. The molecule has 2 aromatic carbocycles. The lowest BCUT2D eigenvalue weighted by Crippen LogP contribution is -2.41. The minimum Gasteiger partial charge on any atom is -0.495 e. The second-order valence-corrected chi connectivity index (χ2v) is 7.69. The molecule has 0 saturated carbocycles. The molecule has 0 aromatic heterocycles. The minimum absolute atomic E-state index is 0.0984. The zero-order valence-corrected chi connectivity index (χ0v) is 16.1. The van der Waals surface area contributed by atoms with Crippen LogP contribution in [0.25, 0.3) is 0 Å². The average molecular weight is 412 g/mol. The van der Waals surface area contributed by atoms with Crippen molar-refractivity contribution in [1.29, 1.82) is 0 Å². The van der Waals surface area contributed by atoms with Crippen LogP contribution in [0.15, 0.2) is 47.4 Å². The van der Waals surface area contributed by atoms with Gasteiger partial charge in [0.1, 0.15) is 5.75 Å². The summed E-state index contributed by atoms with van der Waals surface area (Å²) < 4.78 is 32.1. The summed E-state index contributed by atoms with van der Waals surface area (Å²) in [6.45, 7) is 1.40. The van der Waals surface area contributed by atoms with Crippen LogP contribution < -0.4 is 20.5 Å². The molecule has 1 unspecified atom stereocenters. The maximum Gasteiger partial charge on any atom is 0.248 e. The number of methoxy groups -OCH3 is 1. The maximum atomic E-state index is 12.4. The van der Waals surface area contributed by atoms with E-state index in [1.807, 2.05) is 0 Å². The van der Waals surface area contributed by atoms with Crippen molar-refractivity contribution in [2.24, 2.45) is 5.73 Å². The van der Waals surface area contributed by atoms with Gasteiger partial charge in [-0.25, -0.2) is 8.42 Å². The van der Waals surface area contributed by atoms with Gasteiger partial charge in [-0.3, -0.25) is 9.59 Å². The van der Waals surface area contributed by atoms with Gasteiger partial charge >= 0.3 is 0 Å². The highest BCUT2D eigenvalue weighted by molar-refractivity contribution is 7.89. The zero-order valence-electron chi connectivity index (χ0n) is 14.5. The molecule has 0 radical (unpaired) electrons. The van der Waals surface area contributed by atoms with Crippen molar-refractivity contribution < 1.29 is 22.7 Å². The van der Waals surface area contributed by atoms with Crippen LogP contribution in [-0.2, 0) is 14.8 Å². The van der Waals surface area contributed by atoms with E-state index in [9.17, 15) is 18.0 Å². The number of primary amides is 1. The van der Waals surface area contributed by atoms with Crippen molar-refractivity contribution in [3.05, 3.63) is 53.1 Å². The molecule has 0 saturated heterocycles. The van der Waals surface area contributed by atoms with Gasteiger partial charge in [0.05, 0.1) is 23.1 Å². The van der Waals surface area contributed by atoms with E-state index in [0.29, 0.717) is 11.4 Å². The third-order valence-corrected chi connectivity index (χ3v) is 5.43. The molecular weight excluding hydrogens is 394 g/mol. The van der Waals surface area contributed by atoms with Crippen LogP contribution in [-0.4, -0.2) is 33.4 Å². The Labute approximate surface area is 161 Å². The number of sulfonamides is 1. The minimum atomic E-state index is -3.97. The molecule has 0 aliphatic rings. The highest BCUT2D eigenvalue weighted by atomic mass is 35.5. The third kappa shape index (κ3) is 5.19. The van der Waals surface area contributed by atoms with Gasteiger partial charge in [0, 0.05) is 11.3 Å². The van der Waals surface area contributed by atoms with Crippen molar-refractivity contribution in [3.63, 3.8) is 0 Å². The van der Waals surface area contributed by atoms with Crippen LogP contribution in [0.3, 0.4) is 0 Å². The van der Waals surface area contributed by atoms with Gasteiger partial charge in [0.25, 0.3) is 0 Å². The lowest BCUT2D eigenvalue weighted by Gasteiger charge is -2.15. The third-order valence-electron chi connectivity index (χ3n) is 3.60. The second-order valence-electron chi connectivity index (χ2n) is 5.57. The SMILES string of the molecule is COc1ccc(S(=O)(=O)NC(C)C(=O)Nc2ccc(C(N)=O)cc2)cc1Cl. The number of carbonyl (C=O) groups is 2. The Hall–Kier alpha value is -2.62. The molecule has 2 aromatic rings. The zero-order chi connectivity index (χ0) is 20.2. The van der Waals surface area contributed by atoms with Gasteiger partial charge < -0.3 is 15.8 Å². The van der Waals surface area contributed by atoms with Crippen molar-refractivity contribution in [2.45, 2.75) is 17.9 Å². The number of ether oxygens (including phenoxy) is 1.